The van der Waals surface area contributed by atoms with E-state index in [2.05, 4.69) is 21.2 Å². The third kappa shape index (κ3) is 8.98. The Hall–Kier alpha value is -1.24. The highest BCUT2D eigenvalue weighted by molar-refractivity contribution is 9.10. The van der Waals surface area contributed by atoms with Gasteiger partial charge in [0.15, 0.2) is 0 Å². The molecule has 0 radical (unpaired) electrons. The van der Waals surface area contributed by atoms with Crippen LogP contribution in [0.3, 0.4) is 0 Å². The van der Waals surface area contributed by atoms with Gasteiger partial charge in [0.05, 0.1) is 21.6 Å². The van der Waals surface area contributed by atoms with Crippen LogP contribution < -0.4 is 5.32 Å². The second-order valence-electron chi connectivity index (χ2n) is 8.98. The first-order chi connectivity index (χ1) is 16.0. The van der Waals surface area contributed by atoms with Crippen LogP contribution in [0.2, 0.25) is 5.02 Å². The number of nitrogens with one attached hydrogen (secondary N) is 1. The predicted octanol–water partition coefficient (Wildman–Crippen LogP) is 5.63. The third-order valence-corrected chi connectivity index (χ3v) is 8.01. The van der Waals surface area contributed by atoms with Crippen molar-refractivity contribution in [2.45, 2.75) is 55.8 Å². The van der Waals surface area contributed by atoms with Crippen molar-refractivity contribution in [2.75, 3.05) is 20.1 Å². The van der Waals surface area contributed by atoms with E-state index in [1.54, 1.807) is 6.07 Å². The molecule has 0 aliphatic rings. The minimum absolute atomic E-state index is 0.0235. The lowest BCUT2D eigenvalue weighted by Gasteiger charge is -2.29. The molecule has 0 aliphatic carbocycles. The smallest absolute Gasteiger partial charge is 0.390 e. The van der Waals surface area contributed by atoms with Gasteiger partial charge in [0, 0.05) is 30.1 Å². The maximum Gasteiger partial charge on any atom is 0.416 e. The monoisotopic (exact) mass is 602 g/mol. The fraction of sp³-hybridized carbons (Fsp3) is 0.478. The molecule has 0 aromatic heterocycles. The van der Waals surface area contributed by atoms with Gasteiger partial charge >= 0.3 is 6.18 Å². The zero-order chi connectivity index (χ0) is 26.6. The Morgan fingerprint density at radius 3 is 2.43 bits per heavy atom. The number of β-amino-alcohol motifs (C(OH)–C–C–N with tert-alkyl or cyclic N) is 1. The van der Waals surface area contributed by atoms with Gasteiger partial charge < -0.3 is 10.4 Å². The number of nitrogens with zero attached hydrogens (tertiary/aromatic N) is 1. The lowest BCUT2D eigenvalue weighted by Crippen LogP contribution is -2.46. The number of hydrogen-bond donors (Lipinski definition) is 2. The van der Waals surface area contributed by atoms with Gasteiger partial charge in [0.1, 0.15) is 5.82 Å². The maximum atomic E-state index is 13.6. The molecule has 2 N–H and O–H groups in total. The normalized spacial score (nSPS) is 13.9. The first-order valence-electron chi connectivity index (χ1n) is 10.7. The molecule has 196 valence electrons. The van der Waals surface area contributed by atoms with E-state index in [1.807, 2.05) is 13.8 Å². The van der Waals surface area contributed by atoms with Crippen molar-refractivity contribution >= 4 is 37.6 Å². The molecule has 2 rings (SSSR count). The van der Waals surface area contributed by atoms with Gasteiger partial charge in [-0.3, -0.25) is 0 Å². The summed E-state index contributed by atoms with van der Waals surface area (Å²) in [6, 6.07) is 7.11. The number of aliphatic hydroxyl groups excluding tert-OH is 1. The van der Waals surface area contributed by atoms with Gasteiger partial charge in [-0.05, 0) is 69.0 Å². The van der Waals surface area contributed by atoms with Gasteiger partial charge in [-0.1, -0.05) is 33.6 Å². The largest absolute Gasteiger partial charge is 0.416 e. The molecular formula is C23H28BrClF4N2O3S. The summed E-state index contributed by atoms with van der Waals surface area (Å²) in [6.45, 7) is 3.59. The van der Waals surface area contributed by atoms with E-state index < -0.39 is 44.1 Å². The number of hydrogen-bond acceptors (Lipinski definition) is 4. The van der Waals surface area contributed by atoms with Crippen LogP contribution >= 0.6 is 27.5 Å². The van der Waals surface area contributed by atoms with E-state index in [4.69, 9.17) is 11.6 Å². The molecule has 0 unspecified atom stereocenters. The minimum Gasteiger partial charge on any atom is -0.390 e. The van der Waals surface area contributed by atoms with Crippen molar-refractivity contribution in [2.24, 2.45) is 0 Å². The Labute approximate surface area is 216 Å². The lowest BCUT2D eigenvalue weighted by atomic mass is 9.95. The molecule has 35 heavy (non-hydrogen) atoms. The summed E-state index contributed by atoms with van der Waals surface area (Å²) < 4.78 is 79.2. The molecule has 1 atom stereocenters. The van der Waals surface area contributed by atoms with Crippen molar-refractivity contribution in [3.8, 4) is 0 Å². The molecule has 0 bridgehead atoms. The minimum atomic E-state index is -4.71. The molecule has 2 aromatic rings. The van der Waals surface area contributed by atoms with E-state index in [0.29, 0.717) is 18.9 Å². The molecule has 5 nitrogen and oxygen atoms in total. The number of halogens is 6. The molecule has 0 fully saturated rings. The summed E-state index contributed by atoms with van der Waals surface area (Å²) in [6.07, 6.45) is -3.75. The number of aryl methyl sites for hydroxylation is 1. The number of rotatable bonds is 11. The Bertz CT molecular complexity index is 1130. The highest BCUT2D eigenvalue weighted by Crippen LogP contribution is 2.33. The zero-order valence-electron chi connectivity index (χ0n) is 19.5. The summed E-state index contributed by atoms with van der Waals surface area (Å²) >= 11 is 8.61. The second kappa shape index (κ2) is 11.9. The van der Waals surface area contributed by atoms with E-state index in [9.17, 15) is 31.1 Å². The number of alkyl halides is 3. The molecule has 0 amide bonds. The highest BCUT2D eigenvalue weighted by Gasteiger charge is 2.33. The van der Waals surface area contributed by atoms with Crippen LogP contribution in [-0.4, -0.2) is 49.6 Å². The topological polar surface area (TPSA) is 69.6 Å². The predicted molar refractivity (Wildman–Crippen MR) is 131 cm³/mol. The number of aliphatic hydroxyl groups is 1. The first-order valence-corrected chi connectivity index (χ1v) is 13.3. The second-order valence-corrected chi connectivity index (χ2v) is 12.3. The van der Waals surface area contributed by atoms with Gasteiger partial charge in [0.2, 0.25) is 10.0 Å². The SMILES string of the molecule is CN(C[C@H](O)CNC(C)(C)CCCc1ccc(Cl)c(F)c1)S(=O)(=O)c1cc(Br)cc(C(F)(F)F)c1. The Balaban J connectivity index is 1.92. The fourth-order valence-corrected chi connectivity index (χ4v) is 5.47. The molecule has 0 saturated carbocycles. The van der Waals surface area contributed by atoms with Crippen molar-refractivity contribution in [3.05, 3.63) is 62.8 Å². The summed E-state index contributed by atoms with van der Waals surface area (Å²) in [5.74, 6) is -0.471. The van der Waals surface area contributed by atoms with Crippen molar-refractivity contribution < 1.29 is 31.1 Å². The van der Waals surface area contributed by atoms with Gasteiger partial charge in [0.25, 0.3) is 0 Å². The third-order valence-electron chi connectivity index (χ3n) is 5.44. The van der Waals surface area contributed by atoms with Crippen LogP contribution in [0.4, 0.5) is 17.6 Å². The molecule has 0 aliphatic heterocycles. The fourth-order valence-electron chi connectivity index (χ4n) is 3.43. The van der Waals surface area contributed by atoms with E-state index >= 15 is 0 Å². The van der Waals surface area contributed by atoms with Crippen molar-refractivity contribution in [3.63, 3.8) is 0 Å². The summed E-state index contributed by atoms with van der Waals surface area (Å²) in [5.41, 5.74) is -0.685. The number of likely N-dealkylation sites (N-methyl/N-ethyl adjacent to an activating group) is 1. The summed E-state index contributed by atoms with van der Waals surface area (Å²) in [7, 11) is -3.07. The van der Waals surface area contributed by atoms with Crippen LogP contribution in [0.15, 0.2) is 45.8 Å². The highest BCUT2D eigenvalue weighted by atomic mass is 79.9. The Kier molecular flexibility index (Phi) is 10.2. The number of benzene rings is 2. The van der Waals surface area contributed by atoms with Crippen molar-refractivity contribution in [1.29, 1.82) is 0 Å². The standard InChI is InChI=1S/C23H28BrClF4N2O3S/c1-22(2,8-4-5-15-6-7-20(25)21(26)9-15)30-13-18(32)14-31(3)35(33,34)19-11-16(23(27,28)29)10-17(24)12-19/h6-7,9-12,18,30,32H,4-5,8,13-14H2,1-3H3/t18-/m1/s1. The Morgan fingerprint density at radius 2 is 1.83 bits per heavy atom. The summed E-state index contributed by atoms with van der Waals surface area (Å²) in [4.78, 5) is -0.527. The van der Waals surface area contributed by atoms with E-state index in [-0.39, 0.29) is 22.6 Å². The first kappa shape index (κ1) is 30.0. The summed E-state index contributed by atoms with van der Waals surface area (Å²) in [5, 5.41) is 13.6. The van der Waals surface area contributed by atoms with Gasteiger partial charge in [-0.2, -0.15) is 17.5 Å². The average Bonchev–Trinajstić information content (AvgIpc) is 2.73. The molecule has 2 aromatic carbocycles. The van der Waals surface area contributed by atoms with Crippen LogP contribution in [0.25, 0.3) is 0 Å². The van der Waals surface area contributed by atoms with Crippen LogP contribution in [0.5, 0.6) is 0 Å². The molecular weight excluding hydrogens is 576 g/mol. The van der Waals surface area contributed by atoms with Crippen molar-refractivity contribution in [1.82, 2.24) is 9.62 Å². The quantitative estimate of drug-likeness (QED) is 0.327. The number of sulfonamides is 1. The van der Waals surface area contributed by atoms with Gasteiger partial charge in [-0.15, -0.1) is 0 Å². The molecule has 0 saturated heterocycles. The average molecular weight is 604 g/mol. The van der Waals surface area contributed by atoms with Crippen LogP contribution in [0, 0.1) is 5.82 Å². The molecule has 12 heteroatoms. The lowest BCUT2D eigenvalue weighted by molar-refractivity contribution is -0.137. The van der Waals surface area contributed by atoms with E-state index in [0.717, 1.165) is 28.4 Å². The van der Waals surface area contributed by atoms with Gasteiger partial charge in [-0.25, -0.2) is 12.8 Å². The molecule has 0 heterocycles. The molecule has 0 spiro atoms. The Morgan fingerprint density at radius 1 is 1.17 bits per heavy atom. The van der Waals surface area contributed by atoms with Crippen LogP contribution in [0.1, 0.15) is 37.8 Å². The van der Waals surface area contributed by atoms with E-state index in [1.165, 1.54) is 19.2 Å². The maximum absolute atomic E-state index is 13.6. The van der Waals surface area contributed by atoms with Crippen LogP contribution in [-0.2, 0) is 22.6 Å². The zero-order valence-corrected chi connectivity index (χ0v) is 22.6.